The van der Waals surface area contributed by atoms with Gasteiger partial charge in [-0.1, -0.05) is 24.3 Å². The van der Waals surface area contributed by atoms with Crippen LogP contribution in [-0.2, 0) is 25.7 Å². The summed E-state index contributed by atoms with van der Waals surface area (Å²) in [5, 5.41) is 0. The average Bonchev–Trinajstić information content (AvgIpc) is 2.76. The van der Waals surface area contributed by atoms with Gasteiger partial charge in [0.2, 0.25) is 10.0 Å². The number of rotatable bonds is 6. The molecule has 3 atom stereocenters. The van der Waals surface area contributed by atoms with Gasteiger partial charge >= 0.3 is 12.3 Å². The van der Waals surface area contributed by atoms with Gasteiger partial charge in [-0.25, -0.2) is 17.9 Å². The zero-order valence-electron chi connectivity index (χ0n) is 18.6. The topological polar surface area (TPSA) is 84.9 Å². The van der Waals surface area contributed by atoms with E-state index in [1.54, 1.807) is 12.1 Å². The zero-order chi connectivity index (χ0) is 24.2. The van der Waals surface area contributed by atoms with Crippen molar-refractivity contribution < 1.29 is 35.9 Å². The van der Waals surface area contributed by atoms with Gasteiger partial charge < -0.3 is 14.4 Å². The second-order valence-corrected chi connectivity index (χ2v) is 10.2. The number of benzene rings is 1. The molecule has 1 aliphatic carbocycles. The monoisotopic (exact) mass is 490 g/mol. The molecule has 1 aromatic carbocycles. The number of methoxy groups -OCH3 is 1. The number of halogens is 3. The van der Waals surface area contributed by atoms with E-state index in [2.05, 4.69) is 4.72 Å². The van der Waals surface area contributed by atoms with Crippen molar-refractivity contribution in [2.45, 2.75) is 56.5 Å². The third-order valence-corrected chi connectivity index (χ3v) is 6.73. The third kappa shape index (κ3) is 6.70. The first-order chi connectivity index (χ1) is 15.5. The number of nitrogens with one attached hydrogen (secondary N) is 1. The molecule has 0 spiro atoms. The fourth-order valence-corrected chi connectivity index (χ4v) is 5.30. The van der Waals surface area contributed by atoms with Gasteiger partial charge in [-0.15, -0.1) is 0 Å². The third-order valence-electron chi connectivity index (χ3n) is 6.00. The zero-order valence-corrected chi connectivity index (χ0v) is 19.4. The Morgan fingerprint density at radius 2 is 1.97 bits per heavy atom. The summed E-state index contributed by atoms with van der Waals surface area (Å²) in [6.45, 7) is 0.515. The van der Waals surface area contributed by atoms with Crippen molar-refractivity contribution in [1.29, 1.82) is 0 Å². The van der Waals surface area contributed by atoms with Crippen molar-refractivity contribution in [3.63, 3.8) is 0 Å². The minimum Gasteiger partial charge on any atom is -0.453 e. The Hall–Kier alpha value is -2.11. The highest BCUT2D eigenvalue weighted by molar-refractivity contribution is 7.88. The maximum absolute atomic E-state index is 13.3. The van der Waals surface area contributed by atoms with Crippen molar-refractivity contribution in [3.8, 4) is 0 Å². The molecule has 1 amide bonds. The van der Waals surface area contributed by atoms with Gasteiger partial charge in [-0.2, -0.15) is 13.2 Å². The Labute approximate surface area is 192 Å². The van der Waals surface area contributed by atoms with E-state index in [0.29, 0.717) is 44.2 Å². The highest BCUT2D eigenvalue weighted by atomic mass is 32.2. The van der Waals surface area contributed by atoms with Crippen LogP contribution in [0.4, 0.5) is 18.0 Å². The molecule has 7 nitrogen and oxygen atoms in total. The molecule has 1 saturated heterocycles. The van der Waals surface area contributed by atoms with E-state index >= 15 is 0 Å². The fourth-order valence-electron chi connectivity index (χ4n) is 4.47. The first-order valence-electron chi connectivity index (χ1n) is 10.8. The van der Waals surface area contributed by atoms with Crippen molar-refractivity contribution in [2.75, 3.05) is 26.5 Å². The van der Waals surface area contributed by atoms with Crippen LogP contribution in [0.1, 0.15) is 43.2 Å². The van der Waals surface area contributed by atoms with Crippen LogP contribution in [0.15, 0.2) is 30.3 Å². The highest BCUT2D eigenvalue weighted by Crippen LogP contribution is 2.38. The van der Waals surface area contributed by atoms with Crippen molar-refractivity contribution in [1.82, 2.24) is 9.62 Å². The number of hydrogen-bond donors (Lipinski definition) is 1. The summed E-state index contributed by atoms with van der Waals surface area (Å²) in [6, 6.07) is 4.47. The maximum Gasteiger partial charge on any atom is 0.416 e. The van der Waals surface area contributed by atoms with Crippen LogP contribution >= 0.6 is 0 Å². The predicted octanol–water partition coefficient (Wildman–Crippen LogP) is 3.81. The van der Waals surface area contributed by atoms with Crippen LogP contribution in [0.2, 0.25) is 0 Å². The molecule has 0 saturated carbocycles. The van der Waals surface area contributed by atoms with Crippen LogP contribution < -0.4 is 4.72 Å². The van der Waals surface area contributed by atoms with Gasteiger partial charge in [-0.3, -0.25) is 0 Å². The molecule has 1 aliphatic heterocycles. The van der Waals surface area contributed by atoms with Gasteiger partial charge in [0.05, 0.1) is 37.7 Å². The summed E-state index contributed by atoms with van der Waals surface area (Å²) in [4.78, 5) is 13.7. The second-order valence-electron chi connectivity index (χ2n) is 8.37. The molecule has 11 heteroatoms. The SMILES string of the molecule is COC(=O)N1CCCC(NS(C)(=O)=O)C1COC1CC=C(c2ccccc2C(F)(F)F)CC1. The summed E-state index contributed by atoms with van der Waals surface area (Å²) >= 11 is 0. The quantitative estimate of drug-likeness (QED) is 0.656. The number of likely N-dealkylation sites (tertiary alicyclic amines) is 1. The first-order valence-corrected chi connectivity index (χ1v) is 12.7. The largest absolute Gasteiger partial charge is 0.453 e. The van der Waals surface area contributed by atoms with Crippen LogP contribution in [0.3, 0.4) is 0 Å². The standard InChI is InChI=1S/C22H29F3N2O5S/c1-31-21(28)27-13-5-8-19(26-33(2,29)30)20(27)14-32-16-11-9-15(10-12-16)17-6-3-4-7-18(17)22(23,24)25/h3-4,6-7,9,16,19-20,26H,5,8,10-14H2,1-2H3. The van der Waals surface area contributed by atoms with E-state index in [4.69, 9.17) is 9.47 Å². The molecule has 2 aliphatic rings. The van der Waals surface area contributed by atoms with Crippen LogP contribution in [0, 0.1) is 0 Å². The molecule has 1 fully saturated rings. The molecule has 0 radical (unpaired) electrons. The predicted molar refractivity (Wildman–Crippen MR) is 117 cm³/mol. The molecule has 1 heterocycles. The number of ether oxygens (including phenoxy) is 2. The molecule has 3 rings (SSSR count). The smallest absolute Gasteiger partial charge is 0.416 e. The van der Waals surface area contributed by atoms with Crippen LogP contribution in [0.5, 0.6) is 0 Å². The Morgan fingerprint density at radius 1 is 1.24 bits per heavy atom. The van der Waals surface area contributed by atoms with Crippen molar-refractivity contribution in [2.24, 2.45) is 0 Å². The van der Waals surface area contributed by atoms with Crippen molar-refractivity contribution in [3.05, 3.63) is 41.5 Å². The number of carbonyl (C=O) groups is 1. The number of allylic oxidation sites excluding steroid dienone is 1. The summed E-state index contributed by atoms with van der Waals surface area (Å²) in [6.07, 6.45) is 0.149. The molecule has 184 valence electrons. The molecule has 33 heavy (non-hydrogen) atoms. The molecule has 0 bridgehead atoms. The summed E-state index contributed by atoms with van der Waals surface area (Å²) < 4.78 is 77.1. The van der Waals surface area contributed by atoms with E-state index in [-0.39, 0.29) is 18.3 Å². The highest BCUT2D eigenvalue weighted by Gasteiger charge is 2.38. The minimum atomic E-state index is -4.43. The number of nitrogens with zero attached hydrogens (tertiary/aromatic N) is 1. The summed E-state index contributed by atoms with van der Waals surface area (Å²) in [7, 11) is -2.23. The van der Waals surface area contributed by atoms with E-state index in [9.17, 15) is 26.4 Å². The number of carbonyl (C=O) groups excluding carboxylic acids is 1. The average molecular weight is 491 g/mol. The van der Waals surface area contributed by atoms with Crippen LogP contribution in [0.25, 0.3) is 5.57 Å². The Kier molecular flexibility index (Phi) is 8.07. The normalized spacial score (nSPS) is 24.3. The molecular formula is C22H29F3N2O5S. The van der Waals surface area contributed by atoms with E-state index in [0.717, 1.165) is 12.3 Å². The van der Waals surface area contributed by atoms with Gasteiger partial charge in [0.1, 0.15) is 0 Å². The van der Waals surface area contributed by atoms with E-state index in [1.807, 2.05) is 0 Å². The van der Waals surface area contributed by atoms with Gasteiger partial charge in [0.25, 0.3) is 0 Å². The Bertz CT molecular complexity index is 980. The Morgan fingerprint density at radius 3 is 2.58 bits per heavy atom. The van der Waals surface area contributed by atoms with Gasteiger partial charge in [0, 0.05) is 12.6 Å². The Balaban J connectivity index is 1.69. The van der Waals surface area contributed by atoms with E-state index in [1.165, 1.54) is 24.1 Å². The molecule has 1 N–H and O–H groups in total. The second kappa shape index (κ2) is 10.4. The van der Waals surface area contributed by atoms with Gasteiger partial charge in [-0.05, 0) is 49.3 Å². The van der Waals surface area contributed by atoms with Crippen molar-refractivity contribution >= 4 is 21.7 Å². The minimum absolute atomic E-state index is 0.0925. The number of piperidine rings is 1. The first kappa shape index (κ1) is 25.5. The lowest BCUT2D eigenvalue weighted by Gasteiger charge is -2.40. The number of alkyl halides is 3. The van der Waals surface area contributed by atoms with Gasteiger partial charge in [0.15, 0.2) is 0 Å². The summed E-state index contributed by atoms with van der Waals surface area (Å²) in [5.41, 5.74) is 0.166. The molecular weight excluding hydrogens is 461 g/mol. The van der Waals surface area contributed by atoms with E-state index < -0.39 is 39.9 Å². The lowest BCUT2D eigenvalue weighted by atomic mass is 9.89. The summed E-state index contributed by atoms with van der Waals surface area (Å²) in [5.74, 6) is 0. The molecule has 0 aromatic heterocycles. The fraction of sp³-hybridized carbons (Fsp3) is 0.591. The molecule has 1 aromatic rings. The van der Waals surface area contributed by atoms with Crippen LogP contribution in [-0.4, -0.2) is 64.1 Å². The maximum atomic E-state index is 13.3. The number of hydrogen-bond acceptors (Lipinski definition) is 5. The number of amides is 1. The lowest BCUT2D eigenvalue weighted by molar-refractivity contribution is -0.137. The number of sulfonamides is 1. The lowest BCUT2D eigenvalue weighted by Crippen LogP contribution is -2.59. The molecule has 3 unspecified atom stereocenters.